The first-order valence-corrected chi connectivity index (χ1v) is 16.6. The van der Waals surface area contributed by atoms with Crippen LogP contribution < -0.4 is 15.1 Å². The summed E-state index contributed by atoms with van der Waals surface area (Å²) in [5.74, 6) is 1.35. The van der Waals surface area contributed by atoms with Crippen LogP contribution in [0.1, 0.15) is 110 Å². The number of hydrogen-bond acceptors (Lipinski definition) is 7. The third-order valence-corrected chi connectivity index (χ3v) is 8.53. The lowest BCUT2D eigenvalue weighted by molar-refractivity contribution is -0.138. The van der Waals surface area contributed by atoms with E-state index in [0.717, 1.165) is 100 Å². The minimum atomic E-state index is -0.541. The highest BCUT2D eigenvalue weighted by Crippen LogP contribution is 2.48. The van der Waals surface area contributed by atoms with E-state index in [9.17, 15) is 4.79 Å². The normalized spacial score (nSPS) is 14.4. The molecule has 1 N–H and O–H groups in total. The lowest BCUT2D eigenvalue weighted by Crippen LogP contribution is -2.34. The monoisotopic (exact) mass is 617 g/mol. The highest BCUT2D eigenvalue weighted by atomic mass is 35.5. The van der Waals surface area contributed by atoms with E-state index >= 15 is 0 Å². The fourth-order valence-electron chi connectivity index (χ4n) is 5.36. The molecule has 2 aromatic rings. The average Bonchev–Trinajstić information content (AvgIpc) is 2.97. The van der Waals surface area contributed by atoms with Crippen LogP contribution in [-0.2, 0) is 9.53 Å². The number of aromatic nitrogens is 2. The number of fused-ring (bicyclic) bond motifs is 1. The molecule has 1 aromatic heterocycles. The molecule has 0 saturated heterocycles. The van der Waals surface area contributed by atoms with Gasteiger partial charge in [0.05, 0.1) is 28.1 Å². The first-order chi connectivity index (χ1) is 20.3. The minimum Gasteiger partial charge on any atom is -0.463 e. The molecule has 1 aromatic carbocycles. The Bertz CT molecular complexity index is 1200. The van der Waals surface area contributed by atoms with Crippen LogP contribution in [0.5, 0.6) is 0 Å². The number of carbonyl (C=O) groups excluding carboxylic acids is 1. The van der Waals surface area contributed by atoms with Crippen LogP contribution in [0.25, 0.3) is 0 Å². The van der Waals surface area contributed by atoms with Crippen LogP contribution in [-0.4, -0.2) is 48.7 Å². The Morgan fingerprint density at radius 3 is 2.00 bits per heavy atom. The maximum Gasteiger partial charge on any atom is 0.336 e. The van der Waals surface area contributed by atoms with Gasteiger partial charge in [0.1, 0.15) is 11.6 Å². The molecule has 2 heterocycles. The maximum atomic E-state index is 13.6. The molecule has 0 spiro atoms. The Morgan fingerprint density at radius 1 is 0.881 bits per heavy atom. The van der Waals surface area contributed by atoms with Crippen molar-refractivity contribution in [2.24, 2.45) is 0 Å². The smallest absolute Gasteiger partial charge is 0.336 e. The molecule has 0 radical (unpaired) electrons. The van der Waals surface area contributed by atoms with Crippen molar-refractivity contribution in [1.82, 2.24) is 9.97 Å². The van der Waals surface area contributed by atoms with Crippen molar-refractivity contribution >= 4 is 46.8 Å². The molecule has 0 saturated carbocycles. The summed E-state index contributed by atoms with van der Waals surface area (Å²) in [5.41, 5.74) is 2.78. The van der Waals surface area contributed by atoms with Gasteiger partial charge >= 0.3 is 5.97 Å². The SMILES string of the molecule is CCCCN(CCCC)c1nc2c(c(N(CCCC)CCCC)n1)C(c1cccc(Cl)c1Cl)C(C(=O)OCC)=C(C)N2. The molecule has 7 nitrogen and oxygen atoms in total. The Balaban J connectivity index is 2.37. The molecule has 1 aliphatic heterocycles. The molecule has 9 heteroatoms. The lowest BCUT2D eigenvalue weighted by Gasteiger charge is -2.36. The fourth-order valence-corrected chi connectivity index (χ4v) is 5.78. The summed E-state index contributed by atoms with van der Waals surface area (Å²) in [5, 5.41) is 4.35. The highest BCUT2D eigenvalue weighted by molar-refractivity contribution is 6.42. The third kappa shape index (κ3) is 8.10. The zero-order valence-electron chi connectivity index (χ0n) is 26.4. The largest absolute Gasteiger partial charge is 0.463 e. The zero-order chi connectivity index (χ0) is 30.6. The van der Waals surface area contributed by atoms with Gasteiger partial charge in [-0.1, -0.05) is 88.7 Å². The number of carbonyl (C=O) groups is 1. The van der Waals surface area contributed by atoms with Crippen LogP contribution >= 0.6 is 23.2 Å². The summed E-state index contributed by atoms with van der Waals surface area (Å²) < 4.78 is 5.59. The van der Waals surface area contributed by atoms with E-state index in [1.807, 2.05) is 26.0 Å². The molecule has 232 valence electrons. The molecule has 3 rings (SSSR count). The van der Waals surface area contributed by atoms with E-state index in [4.69, 9.17) is 37.9 Å². The molecule has 42 heavy (non-hydrogen) atoms. The second-order valence-electron chi connectivity index (χ2n) is 11.0. The second kappa shape index (κ2) is 17.0. The predicted molar refractivity (Wildman–Crippen MR) is 177 cm³/mol. The van der Waals surface area contributed by atoms with Gasteiger partial charge in [-0.2, -0.15) is 9.97 Å². The molecule has 0 aliphatic carbocycles. The summed E-state index contributed by atoms with van der Waals surface area (Å²) in [6, 6.07) is 5.58. The summed E-state index contributed by atoms with van der Waals surface area (Å²) >= 11 is 13.5. The maximum absolute atomic E-state index is 13.6. The van der Waals surface area contributed by atoms with Crippen molar-refractivity contribution in [2.75, 3.05) is 47.9 Å². The van der Waals surface area contributed by atoms with Gasteiger partial charge in [-0.15, -0.1) is 0 Å². The standard InChI is InChI=1S/C33H49Cl2N5O2/c1-7-12-19-39(20-13-8-2)31-28-27(24-17-16-18-25(34)29(24)35)26(32(41)42-11-5)23(6)36-30(28)37-33(38-31)40(21-14-9-3)22-15-10-4/h16-18,27H,7-15,19-22H2,1-6H3,(H,36,37,38). The van der Waals surface area contributed by atoms with E-state index in [-0.39, 0.29) is 12.6 Å². The number of nitrogens with zero attached hydrogens (tertiary/aromatic N) is 4. The van der Waals surface area contributed by atoms with Crippen molar-refractivity contribution in [3.8, 4) is 0 Å². The van der Waals surface area contributed by atoms with Crippen molar-refractivity contribution in [2.45, 2.75) is 98.8 Å². The molecule has 0 fully saturated rings. The van der Waals surface area contributed by atoms with E-state index in [1.54, 1.807) is 6.07 Å². The van der Waals surface area contributed by atoms with Crippen molar-refractivity contribution in [3.05, 3.63) is 50.6 Å². The number of allylic oxidation sites excluding steroid dienone is 1. The van der Waals surface area contributed by atoms with Crippen LogP contribution in [0.4, 0.5) is 17.6 Å². The quantitative estimate of drug-likeness (QED) is 0.178. The molecule has 0 amide bonds. The van der Waals surface area contributed by atoms with Gasteiger partial charge in [-0.05, 0) is 51.2 Å². The number of halogens is 2. The van der Waals surface area contributed by atoms with Gasteiger partial charge in [0.25, 0.3) is 0 Å². The van der Waals surface area contributed by atoms with Gasteiger partial charge in [0.2, 0.25) is 5.95 Å². The average molecular weight is 619 g/mol. The number of unbranched alkanes of at least 4 members (excludes halogenated alkanes) is 4. The summed E-state index contributed by atoms with van der Waals surface area (Å²) in [6.07, 6.45) is 8.51. The van der Waals surface area contributed by atoms with E-state index in [1.165, 1.54) is 0 Å². The number of hydrogen-bond donors (Lipinski definition) is 1. The van der Waals surface area contributed by atoms with Crippen LogP contribution in [0.3, 0.4) is 0 Å². The number of ether oxygens (including phenoxy) is 1. The fraction of sp³-hybridized carbons (Fsp3) is 0.606. The van der Waals surface area contributed by atoms with Crippen molar-refractivity contribution in [3.63, 3.8) is 0 Å². The van der Waals surface area contributed by atoms with Gasteiger partial charge < -0.3 is 19.9 Å². The Morgan fingerprint density at radius 2 is 1.45 bits per heavy atom. The number of anilines is 3. The Labute approximate surface area is 263 Å². The number of nitrogens with one attached hydrogen (secondary N) is 1. The van der Waals surface area contributed by atoms with Crippen LogP contribution in [0.15, 0.2) is 29.5 Å². The molecule has 1 atom stereocenters. The highest BCUT2D eigenvalue weighted by Gasteiger charge is 2.39. The topological polar surface area (TPSA) is 70.6 Å². The zero-order valence-corrected chi connectivity index (χ0v) is 27.9. The Kier molecular flexibility index (Phi) is 13.7. The van der Waals surface area contributed by atoms with Crippen molar-refractivity contribution in [1.29, 1.82) is 0 Å². The number of esters is 1. The second-order valence-corrected chi connectivity index (χ2v) is 11.7. The van der Waals surface area contributed by atoms with Gasteiger partial charge in [-0.3, -0.25) is 0 Å². The van der Waals surface area contributed by atoms with E-state index in [2.05, 4.69) is 42.8 Å². The molecular formula is C33H49Cl2N5O2. The number of benzene rings is 1. The minimum absolute atomic E-state index is 0.268. The molecule has 0 bridgehead atoms. The van der Waals surface area contributed by atoms with Crippen LogP contribution in [0.2, 0.25) is 10.0 Å². The molecule has 1 aliphatic rings. The van der Waals surface area contributed by atoms with E-state index in [0.29, 0.717) is 27.1 Å². The first kappa shape index (κ1) is 34.0. The molecule has 1 unspecified atom stereocenters. The third-order valence-electron chi connectivity index (χ3n) is 7.70. The predicted octanol–water partition coefficient (Wildman–Crippen LogP) is 8.99. The Hall–Kier alpha value is -2.51. The van der Waals surface area contributed by atoms with Gasteiger partial charge in [0.15, 0.2) is 0 Å². The summed E-state index contributed by atoms with van der Waals surface area (Å²) in [4.78, 5) is 28.8. The summed E-state index contributed by atoms with van der Waals surface area (Å²) in [6.45, 7) is 16.3. The molecular weight excluding hydrogens is 569 g/mol. The van der Waals surface area contributed by atoms with Gasteiger partial charge in [-0.25, -0.2) is 4.79 Å². The van der Waals surface area contributed by atoms with E-state index < -0.39 is 5.92 Å². The lowest BCUT2D eigenvalue weighted by atomic mass is 9.81. The van der Waals surface area contributed by atoms with Crippen LogP contribution in [0, 0.1) is 0 Å². The van der Waals surface area contributed by atoms with Crippen molar-refractivity contribution < 1.29 is 9.53 Å². The number of rotatable bonds is 17. The summed E-state index contributed by atoms with van der Waals surface area (Å²) in [7, 11) is 0. The first-order valence-electron chi connectivity index (χ1n) is 15.8. The van der Waals surface area contributed by atoms with Gasteiger partial charge in [0, 0.05) is 37.4 Å².